The standard InChI is InChI=1S/C8H12INO2.C8H10O2/c1-2-3-6-10-8(11)12-7-4-5-9;1-7(9)10-8-5-3-2-4-6-8/h2-3,5-6H2,1H3,(H,10,11);2-7,9H,1H3. The number of aliphatic hydroxyl groups is 1. The molecule has 1 rings (SSSR count). The van der Waals surface area contributed by atoms with Crippen LogP contribution < -0.4 is 10.1 Å². The summed E-state index contributed by atoms with van der Waals surface area (Å²) in [6, 6.07) is 9.21. The lowest BCUT2D eigenvalue weighted by atomic mass is 10.3. The lowest BCUT2D eigenvalue weighted by Gasteiger charge is -2.06. The molecule has 0 saturated carbocycles. The fourth-order valence-electron chi connectivity index (χ4n) is 1.21. The number of aliphatic hydroxyl groups excluding tert-OH is 1. The minimum absolute atomic E-state index is 0.458. The quantitative estimate of drug-likeness (QED) is 0.253. The van der Waals surface area contributed by atoms with Crippen molar-refractivity contribution in [2.24, 2.45) is 0 Å². The predicted octanol–water partition coefficient (Wildman–Crippen LogP) is 3.31. The van der Waals surface area contributed by atoms with Crippen LogP contribution in [0.4, 0.5) is 4.79 Å². The first-order valence-electron chi connectivity index (χ1n) is 6.98. The third kappa shape index (κ3) is 13.5. The van der Waals surface area contributed by atoms with E-state index < -0.39 is 12.4 Å². The van der Waals surface area contributed by atoms with Crippen LogP contribution in [0.2, 0.25) is 0 Å². The Morgan fingerprint density at radius 2 is 2.09 bits per heavy atom. The van der Waals surface area contributed by atoms with E-state index in [2.05, 4.69) is 51.6 Å². The third-order valence-electron chi connectivity index (χ3n) is 2.13. The van der Waals surface area contributed by atoms with E-state index in [9.17, 15) is 4.79 Å². The molecule has 5 nitrogen and oxygen atoms in total. The smallest absolute Gasteiger partial charge is 0.421 e. The van der Waals surface area contributed by atoms with Crippen LogP contribution in [-0.4, -0.2) is 28.5 Å². The molecule has 2 N–H and O–H groups in total. The lowest BCUT2D eigenvalue weighted by Crippen LogP contribution is -2.23. The molecule has 1 aromatic rings. The first kappa shape index (κ1) is 20.5. The Morgan fingerprint density at radius 1 is 1.41 bits per heavy atom. The van der Waals surface area contributed by atoms with Gasteiger partial charge in [0.25, 0.3) is 0 Å². The molecule has 1 unspecified atom stereocenters. The second-order valence-electron chi connectivity index (χ2n) is 4.11. The highest BCUT2D eigenvalue weighted by Gasteiger charge is 1.96. The molecule has 0 heterocycles. The molecule has 6 heteroatoms. The Hall–Kier alpha value is -1.46. The van der Waals surface area contributed by atoms with Crippen LogP contribution in [0.1, 0.15) is 26.7 Å². The van der Waals surface area contributed by atoms with E-state index in [0.717, 1.165) is 12.8 Å². The summed E-state index contributed by atoms with van der Waals surface area (Å²) in [5, 5.41) is 11.4. The second-order valence-corrected chi connectivity index (χ2v) is 4.88. The van der Waals surface area contributed by atoms with Crippen LogP contribution in [0, 0.1) is 12.0 Å². The van der Waals surface area contributed by atoms with Gasteiger partial charge in [-0.1, -0.05) is 54.1 Å². The van der Waals surface area contributed by atoms with Crippen molar-refractivity contribution >= 4 is 28.7 Å². The van der Waals surface area contributed by atoms with Crippen molar-refractivity contribution in [3.05, 3.63) is 30.3 Å². The molecule has 122 valence electrons. The number of hydrogen-bond acceptors (Lipinski definition) is 4. The lowest BCUT2D eigenvalue weighted by molar-refractivity contribution is -0.000291. The van der Waals surface area contributed by atoms with E-state index in [0.29, 0.717) is 16.7 Å². The number of unbranched alkanes of at least 4 members (excludes halogenated alkanes) is 1. The van der Waals surface area contributed by atoms with Crippen molar-refractivity contribution in [2.75, 3.05) is 11.0 Å². The van der Waals surface area contributed by atoms with Gasteiger partial charge >= 0.3 is 6.09 Å². The van der Waals surface area contributed by atoms with Crippen molar-refractivity contribution in [1.29, 1.82) is 0 Å². The number of alkyl halides is 1. The van der Waals surface area contributed by atoms with Crippen molar-refractivity contribution < 1.29 is 19.4 Å². The Kier molecular flexibility index (Phi) is 13.5. The van der Waals surface area contributed by atoms with Crippen molar-refractivity contribution in [3.63, 3.8) is 0 Å². The van der Waals surface area contributed by atoms with Gasteiger partial charge in [0.1, 0.15) is 11.9 Å². The van der Waals surface area contributed by atoms with Gasteiger partial charge < -0.3 is 19.9 Å². The molecule has 22 heavy (non-hydrogen) atoms. The molecule has 0 aliphatic carbocycles. The fraction of sp³-hybridized carbons (Fsp3) is 0.438. The highest BCUT2D eigenvalue weighted by Crippen LogP contribution is 2.09. The fourth-order valence-corrected chi connectivity index (χ4v) is 1.36. The zero-order valence-corrected chi connectivity index (χ0v) is 15.0. The number of ether oxygens (including phenoxy) is 2. The topological polar surface area (TPSA) is 67.8 Å². The zero-order valence-electron chi connectivity index (χ0n) is 12.8. The largest absolute Gasteiger partial charge is 0.465 e. The molecule has 0 saturated heterocycles. The molecule has 0 aromatic heterocycles. The van der Waals surface area contributed by atoms with E-state index in [1.54, 1.807) is 19.1 Å². The number of carbonyl (C=O) groups is 1. The summed E-state index contributed by atoms with van der Waals surface area (Å²) in [6.45, 7) is 4.29. The Morgan fingerprint density at radius 3 is 2.64 bits per heavy atom. The number of hydrogen-bond donors (Lipinski definition) is 2. The van der Waals surface area contributed by atoms with Gasteiger partial charge in [0.15, 0.2) is 6.29 Å². The summed E-state index contributed by atoms with van der Waals surface area (Å²) in [4.78, 5) is 10.8. The van der Waals surface area contributed by atoms with Gasteiger partial charge in [-0.2, -0.15) is 0 Å². The molecule has 0 fully saturated rings. The molecular formula is C16H22INO4. The molecule has 0 aliphatic rings. The summed E-state index contributed by atoms with van der Waals surface area (Å²) in [5.74, 6) is 3.32. The molecule has 0 radical (unpaired) electrons. The van der Waals surface area contributed by atoms with Crippen molar-refractivity contribution in [1.82, 2.24) is 5.32 Å². The minimum Gasteiger partial charge on any atom is -0.465 e. The van der Waals surface area contributed by atoms with Gasteiger partial charge in [-0.3, -0.25) is 0 Å². The van der Waals surface area contributed by atoms with Gasteiger partial charge in [0.05, 0.1) is 4.43 Å². The average molecular weight is 419 g/mol. The number of alkyl carbamates (subject to hydrolysis) is 1. The average Bonchev–Trinajstić information content (AvgIpc) is 2.49. The number of rotatable bonds is 5. The molecule has 0 aliphatic heterocycles. The van der Waals surface area contributed by atoms with Crippen LogP contribution in [0.15, 0.2) is 30.3 Å². The maximum Gasteiger partial charge on any atom is 0.421 e. The molecule has 0 spiro atoms. The molecule has 1 atom stereocenters. The maximum atomic E-state index is 10.8. The monoisotopic (exact) mass is 419 g/mol. The minimum atomic E-state index is -0.734. The maximum absolute atomic E-state index is 10.8. The van der Waals surface area contributed by atoms with E-state index in [1.807, 2.05) is 18.2 Å². The predicted molar refractivity (Wildman–Crippen MR) is 94.8 cm³/mol. The number of halogens is 1. The first-order valence-corrected chi connectivity index (χ1v) is 8.51. The zero-order chi connectivity index (χ0) is 16.6. The summed E-state index contributed by atoms with van der Waals surface area (Å²) < 4.78 is 10.1. The third-order valence-corrected chi connectivity index (χ3v) is 2.51. The number of nitrogens with one attached hydrogen (secondary N) is 1. The van der Waals surface area contributed by atoms with Gasteiger partial charge in [-0.15, -0.1) is 0 Å². The van der Waals surface area contributed by atoms with Crippen LogP contribution >= 0.6 is 22.6 Å². The van der Waals surface area contributed by atoms with Gasteiger partial charge in [-0.05, 0) is 31.4 Å². The van der Waals surface area contributed by atoms with Gasteiger partial charge in [0, 0.05) is 6.54 Å². The molecule has 1 aromatic carbocycles. The van der Waals surface area contributed by atoms with Crippen molar-refractivity contribution in [3.8, 4) is 17.8 Å². The summed E-state index contributed by atoms with van der Waals surface area (Å²) in [7, 11) is 0. The van der Waals surface area contributed by atoms with E-state index in [4.69, 9.17) is 9.84 Å². The summed E-state index contributed by atoms with van der Waals surface area (Å²) in [5.41, 5.74) is 0. The van der Waals surface area contributed by atoms with Crippen LogP contribution in [0.25, 0.3) is 0 Å². The second kappa shape index (κ2) is 14.5. The van der Waals surface area contributed by atoms with E-state index >= 15 is 0 Å². The normalized spacial score (nSPS) is 10.2. The number of carbonyl (C=O) groups excluding carboxylic acids is 1. The Labute approximate surface area is 145 Å². The Balaban J connectivity index is 0.000000406. The van der Waals surface area contributed by atoms with Gasteiger partial charge in [-0.25, -0.2) is 4.79 Å². The molecular weight excluding hydrogens is 397 g/mol. The Bertz CT molecular complexity index is 454. The number of amides is 1. The molecule has 1 amide bonds. The number of para-hydroxylation sites is 1. The van der Waals surface area contributed by atoms with E-state index in [1.165, 1.54) is 0 Å². The SMILES string of the molecule is CC(O)Oc1ccccc1.CCCCNC(=O)OC#CCI. The van der Waals surface area contributed by atoms with Crippen molar-refractivity contribution in [2.45, 2.75) is 33.0 Å². The number of benzene rings is 1. The first-order chi connectivity index (χ1) is 10.6. The highest BCUT2D eigenvalue weighted by atomic mass is 127. The van der Waals surface area contributed by atoms with Gasteiger partial charge in [0.2, 0.25) is 0 Å². The van der Waals surface area contributed by atoms with Crippen LogP contribution in [0.5, 0.6) is 5.75 Å². The summed E-state index contributed by atoms with van der Waals surface area (Å²) >= 11 is 2.08. The van der Waals surface area contributed by atoms with E-state index in [-0.39, 0.29) is 0 Å². The molecule has 0 bridgehead atoms. The highest BCUT2D eigenvalue weighted by molar-refractivity contribution is 14.1. The van der Waals surface area contributed by atoms with Crippen LogP contribution in [-0.2, 0) is 4.74 Å². The van der Waals surface area contributed by atoms with Crippen LogP contribution in [0.3, 0.4) is 0 Å². The summed E-state index contributed by atoms with van der Waals surface area (Å²) in [6.07, 6.45) is 3.12.